The number of ether oxygens (including phenoxy) is 1. The maximum Gasteiger partial charge on any atom is 0.290 e. The van der Waals surface area contributed by atoms with Gasteiger partial charge < -0.3 is 19.1 Å². The molecular formula is C18H22N4O3. The van der Waals surface area contributed by atoms with Gasteiger partial charge in [-0.05, 0) is 6.07 Å². The van der Waals surface area contributed by atoms with Gasteiger partial charge in [0.05, 0.1) is 13.2 Å². The molecule has 7 heteroatoms. The molecular weight excluding hydrogens is 320 g/mol. The summed E-state index contributed by atoms with van der Waals surface area (Å²) >= 11 is 0. The van der Waals surface area contributed by atoms with E-state index >= 15 is 0 Å². The van der Waals surface area contributed by atoms with Crippen LogP contribution in [0.2, 0.25) is 0 Å². The molecule has 2 amide bonds. The summed E-state index contributed by atoms with van der Waals surface area (Å²) in [6.45, 7) is 2.95. The van der Waals surface area contributed by atoms with Crippen LogP contribution >= 0.6 is 0 Å². The lowest BCUT2D eigenvalue weighted by molar-refractivity contribution is -0.131. The lowest BCUT2D eigenvalue weighted by Crippen LogP contribution is -2.52. The van der Waals surface area contributed by atoms with Crippen molar-refractivity contribution in [2.45, 2.75) is 13.0 Å². The second kappa shape index (κ2) is 6.96. The predicted molar refractivity (Wildman–Crippen MR) is 92.2 cm³/mol. The first-order valence-corrected chi connectivity index (χ1v) is 8.19. The van der Waals surface area contributed by atoms with Gasteiger partial charge in [-0.15, -0.1) is 0 Å². The topological polar surface area (TPSA) is 67.7 Å². The largest absolute Gasteiger partial charge is 0.496 e. The van der Waals surface area contributed by atoms with Crippen molar-refractivity contribution in [2.75, 3.05) is 26.7 Å². The Labute approximate surface area is 146 Å². The molecule has 0 N–H and O–H groups in total. The maximum absolute atomic E-state index is 13.0. The van der Waals surface area contributed by atoms with Gasteiger partial charge in [0.25, 0.3) is 5.91 Å². The molecule has 1 fully saturated rings. The number of nitrogens with zero attached hydrogens (tertiary/aromatic N) is 4. The Morgan fingerprint density at radius 1 is 1.24 bits per heavy atom. The molecule has 0 aliphatic carbocycles. The van der Waals surface area contributed by atoms with E-state index in [1.54, 1.807) is 47.8 Å². The van der Waals surface area contributed by atoms with Gasteiger partial charge in [0.1, 0.15) is 5.75 Å². The van der Waals surface area contributed by atoms with Gasteiger partial charge in [-0.25, -0.2) is 4.98 Å². The van der Waals surface area contributed by atoms with E-state index in [2.05, 4.69) is 4.98 Å². The monoisotopic (exact) mass is 342 g/mol. The predicted octanol–water partition coefficient (Wildman–Crippen LogP) is 1.47. The molecule has 2 aromatic rings. The van der Waals surface area contributed by atoms with Crippen LogP contribution in [0.25, 0.3) is 0 Å². The number of carbonyl (C=O) groups excluding carboxylic acids is 2. The van der Waals surface area contributed by atoms with Gasteiger partial charge in [-0.2, -0.15) is 0 Å². The number of aromatic nitrogens is 2. The van der Waals surface area contributed by atoms with Crippen molar-refractivity contribution in [3.63, 3.8) is 0 Å². The fraction of sp³-hybridized carbons (Fsp3) is 0.389. The van der Waals surface area contributed by atoms with Gasteiger partial charge in [0.15, 0.2) is 5.82 Å². The van der Waals surface area contributed by atoms with Crippen LogP contribution in [-0.2, 0) is 11.8 Å². The maximum atomic E-state index is 13.0. The van der Waals surface area contributed by atoms with Crippen LogP contribution in [-0.4, -0.2) is 57.9 Å². The van der Waals surface area contributed by atoms with Crippen LogP contribution in [0.15, 0.2) is 36.7 Å². The number of para-hydroxylation sites is 1. The average Bonchev–Trinajstić information content (AvgIpc) is 3.06. The van der Waals surface area contributed by atoms with Crippen LogP contribution in [0.3, 0.4) is 0 Å². The third-order valence-electron chi connectivity index (χ3n) is 4.60. The summed E-state index contributed by atoms with van der Waals surface area (Å²) in [5.74, 6) is 0.947. The molecule has 3 rings (SSSR count). The standard InChI is InChI=1S/C18H22N4O3/c1-13(23)21-10-11-22(18(24)17-19-8-9-20(17)2)15(12-21)14-6-4-5-7-16(14)25-3/h4-9,15H,10-12H2,1-3H3/t15-/m1/s1. The van der Waals surface area contributed by atoms with Crippen molar-refractivity contribution in [3.8, 4) is 5.75 Å². The number of hydrogen-bond donors (Lipinski definition) is 0. The minimum Gasteiger partial charge on any atom is -0.496 e. The molecule has 0 radical (unpaired) electrons. The molecule has 1 atom stereocenters. The molecule has 1 aliphatic rings. The van der Waals surface area contributed by atoms with Crippen LogP contribution in [0, 0.1) is 0 Å². The lowest BCUT2D eigenvalue weighted by atomic mass is 10.0. The Bertz CT molecular complexity index is 786. The van der Waals surface area contributed by atoms with E-state index in [1.165, 1.54) is 0 Å². The number of aryl methyl sites for hydroxylation is 1. The Kier molecular flexibility index (Phi) is 4.74. The fourth-order valence-electron chi connectivity index (χ4n) is 3.22. The van der Waals surface area contributed by atoms with E-state index in [1.807, 2.05) is 24.3 Å². The molecule has 1 aliphatic heterocycles. The highest BCUT2D eigenvalue weighted by molar-refractivity contribution is 5.91. The van der Waals surface area contributed by atoms with E-state index in [9.17, 15) is 9.59 Å². The molecule has 1 saturated heterocycles. The second-order valence-electron chi connectivity index (χ2n) is 6.08. The molecule has 0 bridgehead atoms. The average molecular weight is 342 g/mol. The zero-order chi connectivity index (χ0) is 18.0. The smallest absolute Gasteiger partial charge is 0.290 e. The van der Waals surface area contributed by atoms with Crippen molar-refractivity contribution < 1.29 is 14.3 Å². The quantitative estimate of drug-likeness (QED) is 0.847. The fourth-order valence-corrected chi connectivity index (χ4v) is 3.22. The first-order chi connectivity index (χ1) is 12.0. The summed E-state index contributed by atoms with van der Waals surface area (Å²) in [6, 6.07) is 7.32. The number of rotatable bonds is 3. The van der Waals surface area contributed by atoms with Crippen LogP contribution in [0.4, 0.5) is 0 Å². The lowest BCUT2D eigenvalue weighted by Gasteiger charge is -2.41. The van der Waals surface area contributed by atoms with Gasteiger partial charge in [0.2, 0.25) is 5.91 Å². The zero-order valence-corrected chi connectivity index (χ0v) is 14.7. The molecule has 132 valence electrons. The summed E-state index contributed by atoms with van der Waals surface area (Å²) in [6.07, 6.45) is 3.36. The summed E-state index contributed by atoms with van der Waals surface area (Å²) < 4.78 is 7.18. The molecule has 2 heterocycles. The number of carbonyl (C=O) groups is 2. The van der Waals surface area contributed by atoms with Gasteiger partial charge in [-0.1, -0.05) is 18.2 Å². The Hall–Kier alpha value is -2.83. The minimum atomic E-state index is -0.280. The van der Waals surface area contributed by atoms with E-state index in [-0.39, 0.29) is 17.9 Å². The number of benzene rings is 1. The Morgan fingerprint density at radius 2 is 2.00 bits per heavy atom. The molecule has 25 heavy (non-hydrogen) atoms. The highest BCUT2D eigenvalue weighted by Crippen LogP contribution is 2.33. The highest BCUT2D eigenvalue weighted by atomic mass is 16.5. The molecule has 0 saturated carbocycles. The third kappa shape index (κ3) is 3.22. The zero-order valence-electron chi connectivity index (χ0n) is 14.7. The molecule has 1 aromatic carbocycles. The first-order valence-electron chi connectivity index (χ1n) is 8.19. The number of methoxy groups -OCH3 is 1. The van der Waals surface area contributed by atoms with E-state index in [0.717, 1.165) is 5.56 Å². The van der Waals surface area contributed by atoms with E-state index < -0.39 is 0 Å². The number of imidazole rings is 1. The minimum absolute atomic E-state index is 0.00369. The SMILES string of the molecule is COc1ccccc1[C@H]1CN(C(C)=O)CCN1C(=O)c1nccn1C. The van der Waals surface area contributed by atoms with Gasteiger partial charge in [-0.3, -0.25) is 9.59 Å². The van der Waals surface area contributed by atoms with Crippen molar-refractivity contribution in [1.82, 2.24) is 19.4 Å². The van der Waals surface area contributed by atoms with Crippen LogP contribution in [0.5, 0.6) is 5.75 Å². The van der Waals surface area contributed by atoms with Crippen LogP contribution < -0.4 is 4.74 Å². The van der Waals surface area contributed by atoms with Crippen molar-refractivity contribution in [1.29, 1.82) is 0 Å². The van der Waals surface area contributed by atoms with E-state index in [0.29, 0.717) is 31.2 Å². The molecule has 1 aromatic heterocycles. The van der Waals surface area contributed by atoms with Crippen molar-refractivity contribution in [2.24, 2.45) is 7.05 Å². The summed E-state index contributed by atoms with van der Waals surface area (Å²) in [5, 5.41) is 0. The van der Waals surface area contributed by atoms with E-state index in [4.69, 9.17) is 4.74 Å². The third-order valence-corrected chi connectivity index (χ3v) is 4.60. The number of hydrogen-bond acceptors (Lipinski definition) is 4. The number of piperazine rings is 1. The summed E-state index contributed by atoms with van der Waals surface area (Å²) in [7, 11) is 3.40. The molecule has 0 spiro atoms. The first kappa shape index (κ1) is 17.0. The second-order valence-corrected chi connectivity index (χ2v) is 6.08. The van der Waals surface area contributed by atoms with Crippen molar-refractivity contribution >= 4 is 11.8 Å². The molecule has 7 nitrogen and oxygen atoms in total. The summed E-state index contributed by atoms with van der Waals surface area (Å²) in [5.41, 5.74) is 0.888. The van der Waals surface area contributed by atoms with Gasteiger partial charge >= 0.3 is 0 Å². The molecule has 0 unspecified atom stereocenters. The summed E-state index contributed by atoms with van der Waals surface area (Å²) in [4.78, 5) is 32.6. The highest BCUT2D eigenvalue weighted by Gasteiger charge is 2.35. The normalized spacial score (nSPS) is 17.5. The van der Waals surface area contributed by atoms with Crippen LogP contribution in [0.1, 0.15) is 29.1 Å². The van der Waals surface area contributed by atoms with Crippen molar-refractivity contribution in [3.05, 3.63) is 48.0 Å². The Morgan fingerprint density at radius 3 is 2.64 bits per heavy atom. The number of amides is 2. The Balaban J connectivity index is 1.99. The van der Waals surface area contributed by atoms with Gasteiger partial charge in [0, 0.05) is 51.6 Å².